The highest BCUT2D eigenvalue weighted by molar-refractivity contribution is 7.15. The first-order valence-electron chi connectivity index (χ1n) is 9.20. The fourth-order valence-corrected chi connectivity index (χ4v) is 4.70. The number of hydrogen-bond donors (Lipinski definition) is 2. The van der Waals surface area contributed by atoms with Gasteiger partial charge in [-0.25, -0.2) is 4.98 Å². The molecule has 0 saturated heterocycles. The Morgan fingerprint density at radius 1 is 1.23 bits per heavy atom. The molecule has 4 rings (SSSR count). The Labute approximate surface area is 157 Å². The molecule has 2 aromatic carbocycles. The summed E-state index contributed by atoms with van der Waals surface area (Å²) in [7, 11) is 0. The van der Waals surface area contributed by atoms with Crippen molar-refractivity contribution >= 4 is 33.1 Å². The van der Waals surface area contributed by atoms with E-state index in [0.717, 1.165) is 35.6 Å². The molecule has 2 heterocycles. The molecule has 26 heavy (non-hydrogen) atoms. The Kier molecular flexibility index (Phi) is 4.74. The molecule has 1 atom stereocenters. The highest BCUT2D eigenvalue weighted by atomic mass is 32.1. The Bertz CT molecular complexity index is 942. The molecule has 0 saturated carbocycles. The molecular weight excluding hydrogens is 342 g/mol. The third-order valence-electron chi connectivity index (χ3n) is 5.14. The van der Waals surface area contributed by atoms with E-state index in [4.69, 9.17) is 0 Å². The Morgan fingerprint density at radius 2 is 2.04 bits per heavy atom. The number of thiazole rings is 1. The number of amides is 1. The molecule has 1 amide bonds. The van der Waals surface area contributed by atoms with Crippen molar-refractivity contribution in [2.75, 3.05) is 11.9 Å². The third-order valence-corrected chi connectivity index (χ3v) is 6.16. The molecule has 1 unspecified atom stereocenters. The first kappa shape index (κ1) is 17.2. The van der Waals surface area contributed by atoms with Crippen molar-refractivity contribution in [2.24, 2.45) is 0 Å². The average molecular weight is 367 g/mol. The zero-order valence-electron chi connectivity index (χ0n) is 15.2. The second kappa shape index (κ2) is 7.17. The van der Waals surface area contributed by atoms with Crippen LogP contribution in [0.4, 0.5) is 5.13 Å². The van der Waals surface area contributed by atoms with Crippen LogP contribution in [0.15, 0.2) is 42.5 Å². The van der Waals surface area contributed by atoms with Gasteiger partial charge in [-0.2, -0.15) is 0 Å². The lowest BCUT2D eigenvalue weighted by Crippen LogP contribution is -3.14. The van der Waals surface area contributed by atoms with Crippen molar-refractivity contribution < 1.29 is 9.69 Å². The predicted octanol–water partition coefficient (Wildman–Crippen LogP) is 2.83. The van der Waals surface area contributed by atoms with Crippen molar-refractivity contribution in [1.82, 2.24) is 4.98 Å². The van der Waals surface area contributed by atoms with E-state index in [2.05, 4.69) is 42.3 Å². The Morgan fingerprint density at radius 3 is 2.88 bits per heavy atom. The van der Waals surface area contributed by atoms with E-state index < -0.39 is 0 Å². The van der Waals surface area contributed by atoms with Crippen molar-refractivity contribution in [3.8, 4) is 0 Å². The minimum Gasteiger partial charge on any atom is -0.328 e. The van der Waals surface area contributed by atoms with Crippen molar-refractivity contribution in [2.45, 2.75) is 39.3 Å². The Balaban J connectivity index is 1.47. The molecule has 0 spiro atoms. The van der Waals surface area contributed by atoms with Crippen LogP contribution in [0.5, 0.6) is 0 Å². The molecule has 5 heteroatoms. The summed E-state index contributed by atoms with van der Waals surface area (Å²) in [6.07, 6.45) is 1.37. The predicted molar refractivity (Wildman–Crippen MR) is 107 cm³/mol. The van der Waals surface area contributed by atoms with Crippen LogP contribution in [0.3, 0.4) is 0 Å². The second-order valence-electron chi connectivity index (χ2n) is 7.24. The number of hydrogen-bond acceptors (Lipinski definition) is 3. The van der Waals surface area contributed by atoms with Crippen LogP contribution in [0.1, 0.15) is 30.0 Å². The van der Waals surface area contributed by atoms with Crippen LogP contribution >= 0.6 is 11.3 Å². The number of benzene rings is 2. The maximum atomic E-state index is 12.6. The van der Waals surface area contributed by atoms with Gasteiger partial charge in [0.1, 0.15) is 6.54 Å². The first-order valence-corrected chi connectivity index (χ1v) is 10.0. The summed E-state index contributed by atoms with van der Waals surface area (Å²) in [6.45, 7) is 6.66. The van der Waals surface area contributed by atoms with Crippen LogP contribution in [0, 0.1) is 0 Å². The van der Waals surface area contributed by atoms with Gasteiger partial charge in [-0.1, -0.05) is 53.8 Å². The minimum atomic E-state index is 0.000475. The average Bonchev–Trinajstić information content (AvgIpc) is 3.03. The molecule has 0 bridgehead atoms. The number of carbonyl (C=O) groups is 1. The molecule has 0 fully saturated rings. The van der Waals surface area contributed by atoms with E-state index in [9.17, 15) is 4.79 Å². The molecular formula is C21H24N3OS+. The number of nitrogens with one attached hydrogen (secondary N) is 2. The number of carbonyl (C=O) groups excluding carboxylic acids is 1. The molecule has 1 aliphatic rings. The zero-order valence-corrected chi connectivity index (χ0v) is 16.0. The van der Waals surface area contributed by atoms with Crippen LogP contribution in [0.25, 0.3) is 10.8 Å². The van der Waals surface area contributed by atoms with Gasteiger partial charge in [0.15, 0.2) is 5.13 Å². The molecule has 3 aromatic rings. The molecule has 1 aliphatic heterocycles. The number of fused-ring (bicyclic) bond motifs is 2. The number of anilines is 1. The molecule has 0 radical (unpaired) electrons. The van der Waals surface area contributed by atoms with Gasteiger partial charge in [-0.15, -0.1) is 0 Å². The third kappa shape index (κ3) is 3.50. The van der Waals surface area contributed by atoms with E-state index in [1.165, 1.54) is 16.0 Å². The number of rotatable bonds is 4. The van der Waals surface area contributed by atoms with Gasteiger partial charge in [0.25, 0.3) is 0 Å². The summed E-state index contributed by atoms with van der Waals surface area (Å²) in [5, 5.41) is 6.06. The van der Waals surface area contributed by atoms with E-state index >= 15 is 0 Å². The summed E-state index contributed by atoms with van der Waals surface area (Å²) in [6, 6.07) is 14.9. The molecule has 4 nitrogen and oxygen atoms in total. The number of quaternary nitrogens is 1. The molecule has 134 valence electrons. The smallest absolute Gasteiger partial charge is 0.230 e. The zero-order chi connectivity index (χ0) is 18.1. The monoisotopic (exact) mass is 366 g/mol. The minimum absolute atomic E-state index is 0.000475. The summed E-state index contributed by atoms with van der Waals surface area (Å²) >= 11 is 1.64. The molecule has 1 aromatic heterocycles. The lowest BCUT2D eigenvalue weighted by molar-refractivity contribution is -0.936. The lowest BCUT2D eigenvalue weighted by Gasteiger charge is -2.26. The van der Waals surface area contributed by atoms with Crippen LogP contribution in [-0.2, 0) is 24.2 Å². The normalized spacial score (nSPS) is 16.7. The fourth-order valence-electron chi connectivity index (χ4n) is 3.62. The molecule has 2 N–H and O–H groups in total. The summed E-state index contributed by atoms with van der Waals surface area (Å²) < 4.78 is 0. The van der Waals surface area contributed by atoms with Gasteiger partial charge in [0, 0.05) is 6.42 Å². The van der Waals surface area contributed by atoms with Gasteiger partial charge in [-0.05, 0) is 30.2 Å². The van der Waals surface area contributed by atoms with Gasteiger partial charge >= 0.3 is 0 Å². The quantitative estimate of drug-likeness (QED) is 0.746. The van der Waals surface area contributed by atoms with Gasteiger partial charge in [0.2, 0.25) is 5.91 Å². The fraction of sp³-hybridized carbons (Fsp3) is 0.333. The van der Waals surface area contributed by atoms with Gasteiger partial charge in [0.05, 0.1) is 29.6 Å². The van der Waals surface area contributed by atoms with E-state index in [1.807, 2.05) is 24.3 Å². The van der Waals surface area contributed by atoms with Crippen molar-refractivity contribution in [3.63, 3.8) is 0 Å². The highest BCUT2D eigenvalue weighted by Gasteiger charge is 2.25. The lowest BCUT2D eigenvalue weighted by atomic mass is 10.0. The summed E-state index contributed by atoms with van der Waals surface area (Å²) in [4.78, 5) is 20.1. The van der Waals surface area contributed by atoms with E-state index in [0.29, 0.717) is 12.5 Å². The van der Waals surface area contributed by atoms with Crippen molar-refractivity contribution in [1.29, 1.82) is 0 Å². The maximum Gasteiger partial charge on any atom is 0.230 e. The first-order chi connectivity index (χ1) is 12.6. The summed E-state index contributed by atoms with van der Waals surface area (Å²) in [5.41, 5.74) is 2.22. The van der Waals surface area contributed by atoms with Crippen molar-refractivity contribution in [3.05, 3.63) is 58.6 Å². The summed E-state index contributed by atoms with van der Waals surface area (Å²) in [5.74, 6) is 0.000475. The number of nitrogens with zero attached hydrogens (tertiary/aromatic N) is 1. The second-order valence-corrected chi connectivity index (χ2v) is 8.33. The van der Waals surface area contributed by atoms with E-state index in [1.54, 1.807) is 16.2 Å². The standard InChI is InChI=1S/C21H23N3OS/c1-14(2)24-11-10-18-19(13-24)26-21(22-18)23-20(25)12-16-8-5-7-15-6-3-4-9-17(15)16/h3-9,14H,10-13H2,1-2H3,(H,22,23,25)/p+1. The van der Waals surface area contributed by atoms with Crippen LogP contribution in [0.2, 0.25) is 0 Å². The van der Waals surface area contributed by atoms with Crippen LogP contribution in [-0.4, -0.2) is 23.5 Å². The van der Waals surface area contributed by atoms with E-state index in [-0.39, 0.29) is 5.91 Å². The molecule has 0 aliphatic carbocycles. The SMILES string of the molecule is CC(C)[NH+]1CCc2nc(NC(=O)Cc3cccc4ccccc34)sc2C1. The van der Waals surface area contributed by atoms with Gasteiger partial charge < -0.3 is 10.2 Å². The Hall–Kier alpha value is -2.24. The maximum absolute atomic E-state index is 12.6. The topological polar surface area (TPSA) is 46.4 Å². The van der Waals surface area contributed by atoms with Gasteiger partial charge in [-0.3, -0.25) is 4.79 Å². The number of aromatic nitrogens is 1. The largest absolute Gasteiger partial charge is 0.328 e. The van der Waals surface area contributed by atoms with Crippen LogP contribution < -0.4 is 10.2 Å². The highest BCUT2D eigenvalue weighted by Crippen LogP contribution is 2.25.